The van der Waals surface area contributed by atoms with E-state index in [9.17, 15) is 23.8 Å². The number of allylic oxidation sites excluding steroid dienone is 14. The van der Waals surface area contributed by atoms with Crippen LogP contribution in [0.5, 0.6) is 0 Å². The molecule has 0 aromatic carbocycles. The molecule has 0 aliphatic carbocycles. The number of epoxide rings is 1. The quantitative estimate of drug-likeness (QED) is 0.0175. The zero-order valence-corrected chi connectivity index (χ0v) is 37.8. The van der Waals surface area contributed by atoms with Crippen LogP contribution in [-0.2, 0) is 42.2 Å². The van der Waals surface area contributed by atoms with Crippen LogP contribution in [-0.4, -0.2) is 72.1 Å². The van der Waals surface area contributed by atoms with Crippen LogP contribution < -0.4 is 5.73 Å². The van der Waals surface area contributed by atoms with E-state index in [1.54, 1.807) is 0 Å². The van der Waals surface area contributed by atoms with Gasteiger partial charge in [0.2, 0.25) is 0 Å². The fourth-order valence-electron chi connectivity index (χ4n) is 5.59. The first-order valence-electron chi connectivity index (χ1n) is 22.4. The summed E-state index contributed by atoms with van der Waals surface area (Å²) in [5.41, 5.74) is 5.33. The lowest BCUT2D eigenvalue weighted by atomic mass is 10.1. The van der Waals surface area contributed by atoms with Gasteiger partial charge in [0.25, 0.3) is 0 Å². The maximum Gasteiger partial charge on any atom is 0.472 e. The van der Waals surface area contributed by atoms with E-state index in [2.05, 4.69) is 110 Å². The Kier molecular flexibility index (Phi) is 34.6. The molecule has 1 fully saturated rings. The first-order chi connectivity index (χ1) is 29.6. The Balaban J connectivity index is 2.36. The van der Waals surface area contributed by atoms with Crippen LogP contribution in [0.15, 0.2) is 97.2 Å². The number of carbonyl (C=O) groups is 3. The number of nitrogens with two attached hydrogens (primary N) is 1. The van der Waals surface area contributed by atoms with Gasteiger partial charge in [0, 0.05) is 12.8 Å². The van der Waals surface area contributed by atoms with E-state index in [0.29, 0.717) is 19.3 Å². The highest BCUT2D eigenvalue weighted by molar-refractivity contribution is 7.47. The number of rotatable bonds is 39. The molecule has 344 valence electrons. The van der Waals surface area contributed by atoms with E-state index < -0.39 is 57.7 Å². The second kappa shape index (κ2) is 38.1. The van der Waals surface area contributed by atoms with Crippen LogP contribution in [0.3, 0.4) is 0 Å². The average molecular weight is 874 g/mol. The molecule has 1 heterocycles. The molecule has 1 rings (SSSR count). The molecule has 0 aromatic heterocycles. The van der Waals surface area contributed by atoms with Gasteiger partial charge in [0.15, 0.2) is 6.10 Å². The summed E-state index contributed by atoms with van der Waals surface area (Å²) in [5.74, 6) is -2.52. The number of phosphoric acid groups is 1. The van der Waals surface area contributed by atoms with Gasteiger partial charge in [0.1, 0.15) is 12.6 Å². The minimum absolute atomic E-state index is 0.101. The zero-order chi connectivity index (χ0) is 44.7. The molecular formula is C48H76NO11P. The van der Waals surface area contributed by atoms with Crippen molar-refractivity contribution < 1.29 is 52.2 Å². The number of esters is 2. The maximum atomic E-state index is 12.6. The molecule has 0 aromatic rings. The first kappa shape index (κ1) is 55.4. The lowest BCUT2D eigenvalue weighted by molar-refractivity contribution is -0.161. The molecular weight excluding hydrogens is 797 g/mol. The van der Waals surface area contributed by atoms with E-state index in [0.717, 1.165) is 77.0 Å². The molecule has 13 heteroatoms. The van der Waals surface area contributed by atoms with Crippen molar-refractivity contribution in [3.05, 3.63) is 97.2 Å². The molecule has 1 saturated heterocycles. The van der Waals surface area contributed by atoms with Gasteiger partial charge in [-0.2, -0.15) is 0 Å². The van der Waals surface area contributed by atoms with Crippen LogP contribution in [0.1, 0.15) is 142 Å². The summed E-state index contributed by atoms with van der Waals surface area (Å²) in [5, 5.41) is 8.90. The maximum absolute atomic E-state index is 12.6. The number of unbranched alkanes of at least 4 members (excludes halogenated alkanes) is 7. The van der Waals surface area contributed by atoms with E-state index in [1.807, 2.05) is 6.08 Å². The monoisotopic (exact) mass is 874 g/mol. The summed E-state index contributed by atoms with van der Waals surface area (Å²) < 4.78 is 38.4. The fraction of sp³-hybridized carbons (Fsp3) is 0.604. The third-order valence-corrected chi connectivity index (χ3v) is 10.2. The molecule has 0 bridgehead atoms. The van der Waals surface area contributed by atoms with E-state index >= 15 is 0 Å². The molecule has 5 atom stereocenters. The van der Waals surface area contributed by atoms with Gasteiger partial charge in [-0.05, 0) is 96.3 Å². The van der Waals surface area contributed by atoms with Crippen molar-refractivity contribution in [3.8, 4) is 0 Å². The summed E-state index contributed by atoms with van der Waals surface area (Å²) >= 11 is 0. The molecule has 3 unspecified atom stereocenters. The number of ether oxygens (including phenoxy) is 3. The van der Waals surface area contributed by atoms with E-state index in [1.165, 1.54) is 19.3 Å². The molecule has 0 saturated carbocycles. The van der Waals surface area contributed by atoms with Gasteiger partial charge in [-0.1, -0.05) is 130 Å². The number of hydrogen-bond acceptors (Lipinski definition) is 10. The first-order valence-corrected chi connectivity index (χ1v) is 23.9. The number of hydrogen-bond donors (Lipinski definition) is 3. The number of carboxylic acid groups (broad SMARTS) is 1. The molecule has 0 spiro atoms. The van der Waals surface area contributed by atoms with Crippen LogP contribution in [0.2, 0.25) is 0 Å². The largest absolute Gasteiger partial charge is 0.480 e. The SMILES string of the molecule is CC/C=C\C/C=C\C/C=C\C/C=C\C/C=C\CCCCCC(=O)O[C@H](COC(=O)CCC/C=C\CC1OC1C/C=C\C/C=C\CCCCC)COP(=O)(O)OC[C@H](N)C(=O)O. The lowest BCUT2D eigenvalue weighted by Crippen LogP contribution is -2.34. The number of phosphoric ester groups is 1. The second-order valence-electron chi connectivity index (χ2n) is 14.8. The normalized spacial score (nSPS) is 17.9. The Hall–Kier alpha value is -3.64. The summed E-state index contributed by atoms with van der Waals surface area (Å²) in [6.45, 7) is 2.54. The molecule has 61 heavy (non-hydrogen) atoms. The molecule has 4 N–H and O–H groups in total. The standard InChI is InChI=1S/C48H76NO11P/c1-3-5-7-9-11-13-14-15-16-17-18-19-20-21-22-24-26-28-34-38-47(51)59-42(40-57-61(54,55)58-41-43(49)48(52)53)39-56-46(50)37-33-30-29-32-36-45-44(60-45)35-31-27-25-23-12-10-8-6-4-2/h5,7,11-13,15-16,18-19,21-23,27,29,31-32,42-45H,3-4,6,8-10,14,17,20,24-26,28,30,33-41,49H2,1-2H3,(H,52,53)(H,54,55)/b7-5-,13-11-,16-15-,19-18-,22-21-,23-12-,31-27-,32-29-/t42-,43+,44?,45?/m1/s1. The van der Waals surface area contributed by atoms with Gasteiger partial charge in [0.05, 0.1) is 25.4 Å². The molecule has 1 aliphatic rings. The fourth-order valence-corrected chi connectivity index (χ4v) is 6.37. The Labute approximate surface area is 366 Å². The van der Waals surface area contributed by atoms with Crippen molar-refractivity contribution in [1.82, 2.24) is 0 Å². The Morgan fingerprint density at radius 1 is 0.607 bits per heavy atom. The number of carbonyl (C=O) groups excluding carboxylic acids is 2. The third-order valence-electron chi connectivity index (χ3n) is 9.22. The second-order valence-corrected chi connectivity index (χ2v) is 16.3. The topological polar surface area (TPSA) is 184 Å². The summed E-state index contributed by atoms with van der Waals surface area (Å²) in [4.78, 5) is 46.1. The highest BCUT2D eigenvalue weighted by Crippen LogP contribution is 2.43. The van der Waals surface area contributed by atoms with Crippen molar-refractivity contribution in [2.75, 3.05) is 19.8 Å². The molecule has 1 aliphatic heterocycles. The minimum atomic E-state index is -4.75. The average Bonchev–Trinajstić information content (AvgIpc) is 4.00. The van der Waals surface area contributed by atoms with E-state index in [-0.39, 0.29) is 25.0 Å². The molecule has 0 amide bonds. The van der Waals surface area contributed by atoms with Gasteiger partial charge < -0.3 is 29.9 Å². The molecule has 12 nitrogen and oxygen atoms in total. The predicted molar refractivity (Wildman–Crippen MR) is 244 cm³/mol. The van der Waals surface area contributed by atoms with Crippen molar-refractivity contribution in [2.24, 2.45) is 5.73 Å². The highest BCUT2D eigenvalue weighted by atomic mass is 31.2. The van der Waals surface area contributed by atoms with Crippen LogP contribution in [0, 0.1) is 0 Å². The Morgan fingerprint density at radius 2 is 1.08 bits per heavy atom. The van der Waals surface area contributed by atoms with Crippen molar-refractivity contribution in [3.63, 3.8) is 0 Å². The van der Waals surface area contributed by atoms with Gasteiger partial charge >= 0.3 is 25.7 Å². The smallest absolute Gasteiger partial charge is 0.472 e. The summed E-state index contributed by atoms with van der Waals surface area (Å²) in [7, 11) is -4.75. The van der Waals surface area contributed by atoms with Crippen LogP contribution >= 0.6 is 7.82 Å². The summed E-state index contributed by atoms with van der Waals surface area (Å²) in [6.07, 6.45) is 50.7. The number of aliphatic carboxylic acids is 1. The third kappa shape index (κ3) is 35.6. The lowest BCUT2D eigenvalue weighted by Gasteiger charge is -2.20. The van der Waals surface area contributed by atoms with Crippen molar-refractivity contribution >= 4 is 25.7 Å². The van der Waals surface area contributed by atoms with Gasteiger partial charge in [-0.25, -0.2) is 4.57 Å². The minimum Gasteiger partial charge on any atom is -0.480 e. The van der Waals surface area contributed by atoms with Crippen LogP contribution in [0.4, 0.5) is 0 Å². The Bertz CT molecular complexity index is 1460. The van der Waals surface area contributed by atoms with Crippen molar-refractivity contribution in [1.29, 1.82) is 0 Å². The Morgan fingerprint density at radius 3 is 1.66 bits per heavy atom. The molecule has 0 radical (unpaired) electrons. The van der Waals surface area contributed by atoms with Crippen LogP contribution in [0.25, 0.3) is 0 Å². The van der Waals surface area contributed by atoms with Gasteiger partial charge in [-0.15, -0.1) is 0 Å². The number of carboxylic acids is 1. The predicted octanol–water partition coefficient (Wildman–Crippen LogP) is 11.0. The van der Waals surface area contributed by atoms with Gasteiger partial charge in [-0.3, -0.25) is 23.4 Å². The van der Waals surface area contributed by atoms with E-state index in [4.69, 9.17) is 29.6 Å². The van der Waals surface area contributed by atoms with Crippen molar-refractivity contribution in [2.45, 2.75) is 167 Å². The summed E-state index contributed by atoms with van der Waals surface area (Å²) in [6, 6.07) is -1.54. The zero-order valence-electron chi connectivity index (χ0n) is 36.9. The highest BCUT2D eigenvalue weighted by Gasteiger charge is 2.36.